The van der Waals surface area contributed by atoms with E-state index in [1.807, 2.05) is 0 Å². The van der Waals surface area contributed by atoms with Crippen LogP contribution in [0.25, 0.3) is 11.3 Å². The van der Waals surface area contributed by atoms with Gasteiger partial charge in [0, 0.05) is 11.6 Å². The van der Waals surface area contributed by atoms with Crippen molar-refractivity contribution in [2.45, 2.75) is 12.7 Å². The number of hydrogen-bond acceptors (Lipinski definition) is 4. The Bertz CT molecular complexity index is 1090. The quantitative estimate of drug-likeness (QED) is 0.457. The number of ether oxygens (including phenoxy) is 1. The van der Waals surface area contributed by atoms with E-state index in [1.54, 1.807) is 0 Å². The smallest absolute Gasteiger partial charge is 0.416 e. The topological polar surface area (TPSA) is 73.2 Å². The van der Waals surface area contributed by atoms with Crippen LogP contribution in [0.5, 0.6) is 5.75 Å². The monoisotopic (exact) mass is 435 g/mol. The van der Waals surface area contributed by atoms with E-state index in [9.17, 15) is 27.2 Å². The van der Waals surface area contributed by atoms with E-state index in [-0.39, 0.29) is 31.2 Å². The highest BCUT2D eigenvalue weighted by atomic mass is 19.4. The van der Waals surface area contributed by atoms with Crippen molar-refractivity contribution in [1.29, 1.82) is 0 Å². The number of rotatable bonds is 7. The summed E-state index contributed by atoms with van der Waals surface area (Å²) in [6.07, 6.45) is -3.29. The van der Waals surface area contributed by atoms with E-state index in [4.69, 9.17) is 4.74 Å². The fourth-order valence-electron chi connectivity index (χ4n) is 2.63. The second kappa shape index (κ2) is 9.41. The fraction of sp³-hybridized carbons (Fsp3) is 0.190. The van der Waals surface area contributed by atoms with Gasteiger partial charge >= 0.3 is 6.18 Å². The molecule has 31 heavy (non-hydrogen) atoms. The van der Waals surface area contributed by atoms with Gasteiger partial charge in [0.2, 0.25) is 5.91 Å². The average Bonchev–Trinajstić information content (AvgIpc) is 2.73. The molecule has 162 valence electrons. The standard InChI is InChI=1S/C21H17F4N3O3/c22-16-5-7-17(8-6-16)31-10-9-26-19(29)12-28-13-27-18(11-20(28)30)14-1-3-15(4-2-14)21(23,24)25/h1-8,11,13H,9-10,12H2,(H,26,29). The molecule has 0 aliphatic heterocycles. The summed E-state index contributed by atoms with van der Waals surface area (Å²) in [5.74, 6) is -0.382. The minimum Gasteiger partial charge on any atom is -0.492 e. The van der Waals surface area contributed by atoms with Crippen molar-refractivity contribution in [2.24, 2.45) is 0 Å². The SMILES string of the molecule is O=C(Cn1cnc(-c2ccc(C(F)(F)F)cc2)cc1=O)NCCOc1ccc(F)cc1. The third-order valence-electron chi connectivity index (χ3n) is 4.21. The molecule has 3 aromatic rings. The van der Waals surface area contributed by atoms with Crippen LogP contribution in [0.1, 0.15) is 5.56 Å². The lowest BCUT2D eigenvalue weighted by molar-refractivity contribution is -0.137. The summed E-state index contributed by atoms with van der Waals surface area (Å²) in [5.41, 5.74) is -0.782. The number of carbonyl (C=O) groups excluding carboxylic acids is 1. The number of carbonyl (C=O) groups is 1. The molecule has 0 fully saturated rings. The lowest BCUT2D eigenvalue weighted by atomic mass is 10.1. The van der Waals surface area contributed by atoms with Gasteiger partial charge in [-0.1, -0.05) is 12.1 Å². The van der Waals surface area contributed by atoms with Gasteiger partial charge in [-0.15, -0.1) is 0 Å². The van der Waals surface area contributed by atoms with Crippen molar-refractivity contribution >= 4 is 5.91 Å². The third-order valence-corrected chi connectivity index (χ3v) is 4.21. The second-order valence-electron chi connectivity index (χ2n) is 6.47. The normalized spacial score (nSPS) is 11.2. The molecule has 1 N–H and O–H groups in total. The summed E-state index contributed by atoms with van der Waals surface area (Å²) in [7, 11) is 0. The Balaban J connectivity index is 1.53. The molecule has 10 heteroatoms. The lowest BCUT2D eigenvalue weighted by Crippen LogP contribution is -2.34. The highest BCUT2D eigenvalue weighted by molar-refractivity contribution is 5.75. The molecule has 0 unspecified atom stereocenters. The van der Waals surface area contributed by atoms with Crippen LogP contribution in [0, 0.1) is 5.82 Å². The third kappa shape index (κ3) is 6.14. The first-order chi connectivity index (χ1) is 14.7. The molecule has 1 amide bonds. The van der Waals surface area contributed by atoms with Crippen LogP contribution in [0.3, 0.4) is 0 Å². The van der Waals surface area contributed by atoms with Gasteiger partial charge in [-0.3, -0.25) is 14.2 Å². The van der Waals surface area contributed by atoms with Crippen molar-refractivity contribution in [2.75, 3.05) is 13.2 Å². The Morgan fingerprint density at radius 3 is 2.35 bits per heavy atom. The molecular formula is C21H17F4N3O3. The number of nitrogens with one attached hydrogen (secondary N) is 1. The first-order valence-corrected chi connectivity index (χ1v) is 9.11. The van der Waals surface area contributed by atoms with E-state index >= 15 is 0 Å². The molecule has 2 aromatic carbocycles. The van der Waals surface area contributed by atoms with Crippen LogP contribution >= 0.6 is 0 Å². The second-order valence-corrected chi connectivity index (χ2v) is 6.47. The van der Waals surface area contributed by atoms with Crippen LogP contribution in [-0.2, 0) is 17.5 Å². The molecule has 0 aliphatic rings. The summed E-state index contributed by atoms with van der Waals surface area (Å²) >= 11 is 0. The molecule has 0 saturated carbocycles. The Hall–Kier alpha value is -3.69. The summed E-state index contributed by atoms with van der Waals surface area (Å²) in [6, 6.07) is 10.8. The lowest BCUT2D eigenvalue weighted by Gasteiger charge is -2.10. The molecule has 6 nitrogen and oxygen atoms in total. The van der Waals surface area contributed by atoms with Gasteiger partial charge in [-0.25, -0.2) is 9.37 Å². The molecule has 1 aromatic heterocycles. The van der Waals surface area contributed by atoms with Crippen LogP contribution in [0.4, 0.5) is 17.6 Å². The number of alkyl halides is 3. The Morgan fingerprint density at radius 1 is 1.06 bits per heavy atom. The van der Waals surface area contributed by atoms with Gasteiger partial charge < -0.3 is 10.1 Å². The molecule has 0 spiro atoms. The van der Waals surface area contributed by atoms with Crippen LogP contribution in [-0.4, -0.2) is 28.6 Å². The van der Waals surface area contributed by atoms with E-state index < -0.39 is 23.2 Å². The number of halogens is 4. The Kier molecular flexibility index (Phi) is 6.68. The Morgan fingerprint density at radius 2 is 1.74 bits per heavy atom. The first kappa shape index (κ1) is 22.0. The maximum atomic E-state index is 12.8. The van der Waals surface area contributed by atoms with Crippen molar-refractivity contribution in [1.82, 2.24) is 14.9 Å². The zero-order chi connectivity index (χ0) is 22.4. The van der Waals surface area contributed by atoms with Gasteiger partial charge in [-0.2, -0.15) is 13.2 Å². The van der Waals surface area contributed by atoms with Crippen molar-refractivity contribution in [3.8, 4) is 17.0 Å². The average molecular weight is 435 g/mol. The van der Waals surface area contributed by atoms with E-state index in [1.165, 1.54) is 36.4 Å². The number of aromatic nitrogens is 2. The molecule has 3 rings (SSSR count). The zero-order valence-corrected chi connectivity index (χ0v) is 16.0. The highest BCUT2D eigenvalue weighted by Crippen LogP contribution is 2.30. The number of nitrogens with zero attached hydrogens (tertiary/aromatic N) is 2. The van der Waals surface area contributed by atoms with Crippen molar-refractivity contribution < 1.29 is 27.1 Å². The minimum absolute atomic E-state index is 0.150. The van der Waals surface area contributed by atoms with E-state index in [0.29, 0.717) is 11.3 Å². The highest BCUT2D eigenvalue weighted by Gasteiger charge is 2.30. The van der Waals surface area contributed by atoms with Crippen LogP contribution < -0.4 is 15.6 Å². The summed E-state index contributed by atoms with van der Waals surface area (Å²) in [5, 5.41) is 2.57. The molecule has 0 radical (unpaired) electrons. The van der Waals surface area contributed by atoms with Crippen molar-refractivity contribution in [3.63, 3.8) is 0 Å². The molecule has 0 aliphatic carbocycles. The maximum Gasteiger partial charge on any atom is 0.416 e. The molecular weight excluding hydrogens is 418 g/mol. The van der Waals surface area contributed by atoms with E-state index in [0.717, 1.165) is 29.1 Å². The van der Waals surface area contributed by atoms with Gasteiger partial charge in [0.25, 0.3) is 5.56 Å². The maximum absolute atomic E-state index is 12.8. The zero-order valence-electron chi connectivity index (χ0n) is 16.0. The van der Waals surface area contributed by atoms with Crippen LogP contribution in [0.2, 0.25) is 0 Å². The summed E-state index contributed by atoms with van der Waals surface area (Å²) in [4.78, 5) is 28.3. The predicted octanol–water partition coefficient (Wildman–Crippen LogP) is 3.26. The van der Waals surface area contributed by atoms with Crippen molar-refractivity contribution in [3.05, 3.63) is 82.7 Å². The van der Waals surface area contributed by atoms with Gasteiger partial charge in [0.05, 0.1) is 24.1 Å². The molecule has 0 bridgehead atoms. The predicted molar refractivity (Wildman–Crippen MR) is 104 cm³/mol. The minimum atomic E-state index is -4.45. The van der Waals surface area contributed by atoms with E-state index in [2.05, 4.69) is 10.3 Å². The molecule has 0 saturated heterocycles. The number of amides is 1. The number of hydrogen-bond donors (Lipinski definition) is 1. The first-order valence-electron chi connectivity index (χ1n) is 9.11. The summed E-state index contributed by atoms with van der Waals surface area (Å²) in [6.45, 7) is 0.0368. The largest absolute Gasteiger partial charge is 0.492 e. The summed E-state index contributed by atoms with van der Waals surface area (Å²) < 4.78 is 57.2. The van der Waals surface area contributed by atoms with Gasteiger partial charge in [-0.05, 0) is 36.4 Å². The van der Waals surface area contributed by atoms with Gasteiger partial charge in [0.15, 0.2) is 0 Å². The molecule has 1 heterocycles. The number of benzene rings is 2. The van der Waals surface area contributed by atoms with Crippen LogP contribution in [0.15, 0.2) is 65.7 Å². The van der Waals surface area contributed by atoms with Gasteiger partial charge in [0.1, 0.15) is 24.7 Å². The fourth-order valence-corrected chi connectivity index (χ4v) is 2.63. The molecule has 0 atom stereocenters. The Labute approximate surface area is 174 Å².